The Morgan fingerprint density at radius 1 is 1.00 bits per heavy atom. The highest BCUT2D eigenvalue weighted by Gasteiger charge is 2.19. The molecule has 1 atom stereocenters. The van der Waals surface area contributed by atoms with Gasteiger partial charge < -0.3 is 5.11 Å². The first kappa shape index (κ1) is 15.3. The Kier molecular flexibility index (Phi) is 4.79. The third-order valence-corrected chi connectivity index (χ3v) is 3.84. The summed E-state index contributed by atoms with van der Waals surface area (Å²) >= 11 is 0. The van der Waals surface area contributed by atoms with E-state index in [1.807, 2.05) is 45.0 Å². The lowest BCUT2D eigenvalue weighted by Crippen LogP contribution is -2.19. The van der Waals surface area contributed by atoms with Gasteiger partial charge in [0, 0.05) is 0 Å². The fourth-order valence-corrected chi connectivity index (χ4v) is 2.82. The monoisotopic (exact) mass is 282 g/mol. The van der Waals surface area contributed by atoms with Gasteiger partial charge in [-0.2, -0.15) is 0 Å². The highest BCUT2D eigenvalue weighted by Crippen LogP contribution is 2.19. The summed E-state index contributed by atoms with van der Waals surface area (Å²) < 4.78 is 0. The molecule has 0 aliphatic rings. The molecule has 2 rings (SSSR count). The predicted molar refractivity (Wildman–Crippen MR) is 85.6 cm³/mol. The molecule has 21 heavy (non-hydrogen) atoms. The summed E-state index contributed by atoms with van der Waals surface area (Å²) in [4.78, 5) is 11.6. The molecule has 2 nitrogen and oxygen atoms in total. The standard InChI is InChI=1S/C19H22O2/c1-13-8-14(2)10-16(9-13)11-18(19(20)21)12-17-7-5-4-6-15(17)3/h4-10,18H,11-12H2,1-3H3,(H,20,21). The molecule has 110 valence electrons. The molecule has 0 saturated carbocycles. The molecule has 1 unspecified atom stereocenters. The molecule has 0 aliphatic carbocycles. The number of carboxylic acid groups (broad SMARTS) is 1. The summed E-state index contributed by atoms with van der Waals surface area (Å²) in [7, 11) is 0. The number of carbonyl (C=O) groups is 1. The molecule has 0 heterocycles. The first-order chi connectivity index (χ1) is 9.95. The topological polar surface area (TPSA) is 37.3 Å². The molecule has 0 aliphatic heterocycles. The average Bonchev–Trinajstić information content (AvgIpc) is 2.39. The lowest BCUT2D eigenvalue weighted by atomic mass is 9.90. The van der Waals surface area contributed by atoms with Crippen molar-refractivity contribution in [3.8, 4) is 0 Å². The molecule has 0 spiro atoms. The second kappa shape index (κ2) is 6.57. The molecule has 2 heteroatoms. The van der Waals surface area contributed by atoms with E-state index in [0.717, 1.165) is 16.7 Å². The van der Waals surface area contributed by atoms with Crippen LogP contribution in [0.15, 0.2) is 42.5 Å². The molecule has 0 amide bonds. The van der Waals surface area contributed by atoms with E-state index >= 15 is 0 Å². The Morgan fingerprint density at radius 2 is 1.62 bits per heavy atom. The van der Waals surface area contributed by atoms with Gasteiger partial charge in [0.2, 0.25) is 0 Å². The third-order valence-electron chi connectivity index (χ3n) is 3.84. The largest absolute Gasteiger partial charge is 0.481 e. The van der Waals surface area contributed by atoms with E-state index in [-0.39, 0.29) is 5.92 Å². The summed E-state index contributed by atoms with van der Waals surface area (Å²) in [5, 5.41) is 9.53. The minimum Gasteiger partial charge on any atom is -0.481 e. The lowest BCUT2D eigenvalue weighted by Gasteiger charge is -2.15. The van der Waals surface area contributed by atoms with Crippen molar-refractivity contribution in [2.24, 2.45) is 5.92 Å². The molecule has 0 saturated heterocycles. The molecule has 0 aromatic heterocycles. The van der Waals surface area contributed by atoms with Crippen LogP contribution < -0.4 is 0 Å². The maximum absolute atomic E-state index is 11.6. The van der Waals surface area contributed by atoms with Crippen LogP contribution in [0.2, 0.25) is 0 Å². The lowest BCUT2D eigenvalue weighted by molar-refractivity contribution is -0.141. The van der Waals surface area contributed by atoms with Crippen LogP contribution in [0.5, 0.6) is 0 Å². The van der Waals surface area contributed by atoms with Crippen LogP contribution in [0.25, 0.3) is 0 Å². The normalized spacial score (nSPS) is 12.1. The van der Waals surface area contributed by atoms with Gasteiger partial charge in [0.05, 0.1) is 5.92 Å². The van der Waals surface area contributed by atoms with Crippen LogP contribution in [0.3, 0.4) is 0 Å². The number of hydrogen-bond acceptors (Lipinski definition) is 1. The molecule has 0 radical (unpaired) electrons. The number of benzene rings is 2. The van der Waals surface area contributed by atoms with E-state index < -0.39 is 5.97 Å². The summed E-state index contributed by atoms with van der Waals surface area (Å²) in [6, 6.07) is 14.3. The smallest absolute Gasteiger partial charge is 0.307 e. The van der Waals surface area contributed by atoms with Crippen LogP contribution in [-0.2, 0) is 17.6 Å². The van der Waals surface area contributed by atoms with Gasteiger partial charge in [0.15, 0.2) is 0 Å². The number of aryl methyl sites for hydroxylation is 3. The zero-order valence-corrected chi connectivity index (χ0v) is 12.9. The van der Waals surface area contributed by atoms with Gasteiger partial charge in [-0.1, -0.05) is 53.6 Å². The summed E-state index contributed by atoms with van der Waals surface area (Å²) in [6.45, 7) is 6.13. The second-order valence-corrected chi connectivity index (χ2v) is 5.87. The van der Waals surface area contributed by atoms with Crippen molar-refractivity contribution < 1.29 is 9.90 Å². The highest BCUT2D eigenvalue weighted by molar-refractivity contribution is 5.71. The van der Waals surface area contributed by atoms with Gasteiger partial charge in [0.25, 0.3) is 0 Å². The van der Waals surface area contributed by atoms with Gasteiger partial charge >= 0.3 is 5.97 Å². The Balaban J connectivity index is 2.20. The van der Waals surface area contributed by atoms with Gasteiger partial charge in [-0.15, -0.1) is 0 Å². The van der Waals surface area contributed by atoms with Crippen LogP contribution in [0.1, 0.15) is 27.8 Å². The van der Waals surface area contributed by atoms with E-state index in [9.17, 15) is 9.90 Å². The Morgan fingerprint density at radius 3 is 2.19 bits per heavy atom. The van der Waals surface area contributed by atoms with Gasteiger partial charge in [0.1, 0.15) is 0 Å². The maximum atomic E-state index is 11.6. The second-order valence-electron chi connectivity index (χ2n) is 5.87. The molecule has 0 bridgehead atoms. The SMILES string of the molecule is Cc1cc(C)cc(CC(Cc2ccccc2C)C(=O)O)c1. The van der Waals surface area contributed by atoms with Gasteiger partial charge in [-0.05, 0) is 50.3 Å². The molecule has 2 aromatic rings. The van der Waals surface area contributed by atoms with Crippen molar-refractivity contribution in [2.45, 2.75) is 33.6 Å². The van der Waals surface area contributed by atoms with E-state index in [1.54, 1.807) is 0 Å². The fraction of sp³-hybridized carbons (Fsp3) is 0.316. The van der Waals surface area contributed by atoms with Crippen molar-refractivity contribution in [1.82, 2.24) is 0 Å². The summed E-state index contributed by atoms with van der Waals surface area (Å²) in [5.74, 6) is -1.11. The van der Waals surface area contributed by atoms with Crippen molar-refractivity contribution in [1.29, 1.82) is 0 Å². The van der Waals surface area contributed by atoms with E-state index in [1.165, 1.54) is 11.1 Å². The van der Waals surface area contributed by atoms with Crippen LogP contribution in [0.4, 0.5) is 0 Å². The molecule has 1 N–H and O–H groups in total. The van der Waals surface area contributed by atoms with Crippen molar-refractivity contribution >= 4 is 5.97 Å². The first-order valence-electron chi connectivity index (χ1n) is 7.30. The number of rotatable bonds is 5. The Labute approximate surface area is 126 Å². The molecule has 0 fully saturated rings. The Bertz CT molecular complexity index is 624. The van der Waals surface area contributed by atoms with Crippen LogP contribution in [-0.4, -0.2) is 11.1 Å². The maximum Gasteiger partial charge on any atom is 0.307 e. The molecule has 2 aromatic carbocycles. The van der Waals surface area contributed by atoms with E-state index in [2.05, 4.69) is 18.2 Å². The van der Waals surface area contributed by atoms with Crippen molar-refractivity contribution in [3.05, 3.63) is 70.3 Å². The van der Waals surface area contributed by atoms with Crippen molar-refractivity contribution in [3.63, 3.8) is 0 Å². The first-order valence-corrected chi connectivity index (χ1v) is 7.30. The average molecular weight is 282 g/mol. The quantitative estimate of drug-likeness (QED) is 0.896. The predicted octanol–water partition coefficient (Wildman–Crippen LogP) is 4.10. The molecular formula is C19H22O2. The van der Waals surface area contributed by atoms with Crippen LogP contribution >= 0.6 is 0 Å². The number of carboxylic acids is 1. The van der Waals surface area contributed by atoms with Crippen molar-refractivity contribution in [2.75, 3.05) is 0 Å². The summed E-state index contributed by atoms with van der Waals surface area (Å²) in [6.07, 6.45) is 1.15. The Hall–Kier alpha value is -2.09. The summed E-state index contributed by atoms with van der Waals surface area (Å²) in [5.41, 5.74) is 5.75. The zero-order chi connectivity index (χ0) is 15.4. The van der Waals surface area contributed by atoms with E-state index in [0.29, 0.717) is 12.8 Å². The fourth-order valence-electron chi connectivity index (χ4n) is 2.82. The molecular weight excluding hydrogens is 260 g/mol. The van der Waals surface area contributed by atoms with Crippen LogP contribution in [0, 0.1) is 26.7 Å². The van der Waals surface area contributed by atoms with Gasteiger partial charge in [-0.25, -0.2) is 0 Å². The highest BCUT2D eigenvalue weighted by atomic mass is 16.4. The minimum atomic E-state index is -0.725. The number of hydrogen-bond donors (Lipinski definition) is 1. The minimum absolute atomic E-state index is 0.382. The zero-order valence-electron chi connectivity index (χ0n) is 12.9. The van der Waals surface area contributed by atoms with Gasteiger partial charge in [-0.3, -0.25) is 4.79 Å². The van der Waals surface area contributed by atoms with E-state index in [4.69, 9.17) is 0 Å². The third kappa shape index (κ3) is 4.19. The number of aliphatic carboxylic acids is 1.